The number of halogens is 1. The number of nitrogens with zero attached hydrogens (tertiary/aromatic N) is 1. The lowest BCUT2D eigenvalue weighted by Gasteiger charge is -1.90. The SMILES string of the molecule is Cc1nc(NC(=O)O)sc1CCBr. The van der Waals surface area contributed by atoms with E-state index in [4.69, 9.17) is 5.11 Å². The minimum Gasteiger partial charge on any atom is -0.465 e. The Balaban J connectivity index is 2.76. The van der Waals surface area contributed by atoms with Gasteiger partial charge in [0.05, 0.1) is 5.69 Å². The van der Waals surface area contributed by atoms with E-state index in [0.29, 0.717) is 5.13 Å². The highest BCUT2D eigenvalue weighted by molar-refractivity contribution is 9.09. The molecule has 1 amide bonds. The minimum atomic E-state index is -1.07. The summed E-state index contributed by atoms with van der Waals surface area (Å²) < 4.78 is 0. The van der Waals surface area contributed by atoms with E-state index in [1.54, 1.807) is 0 Å². The molecule has 0 aliphatic rings. The van der Waals surface area contributed by atoms with Crippen molar-refractivity contribution in [2.45, 2.75) is 13.3 Å². The quantitative estimate of drug-likeness (QED) is 0.825. The molecule has 0 fully saturated rings. The fourth-order valence-electron chi connectivity index (χ4n) is 0.891. The number of aromatic nitrogens is 1. The molecule has 0 unspecified atom stereocenters. The number of anilines is 1. The Labute approximate surface area is 88.1 Å². The van der Waals surface area contributed by atoms with E-state index >= 15 is 0 Å². The van der Waals surface area contributed by atoms with Gasteiger partial charge in [-0.25, -0.2) is 9.78 Å². The summed E-state index contributed by atoms with van der Waals surface area (Å²) in [6, 6.07) is 0. The topological polar surface area (TPSA) is 62.2 Å². The summed E-state index contributed by atoms with van der Waals surface area (Å²) in [5.41, 5.74) is 0.896. The van der Waals surface area contributed by atoms with Crippen molar-refractivity contribution in [1.29, 1.82) is 0 Å². The Hall–Kier alpha value is -0.620. The zero-order valence-electron chi connectivity index (χ0n) is 7.00. The molecule has 72 valence electrons. The van der Waals surface area contributed by atoms with Crippen LogP contribution in [0, 0.1) is 6.92 Å². The number of carboxylic acid groups (broad SMARTS) is 1. The van der Waals surface area contributed by atoms with Crippen molar-refractivity contribution in [2.75, 3.05) is 10.6 Å². The van der Waals surface area contributed by atoms with Gasteiger partial charge < -0.3 is 5.11 Å². The summed E-state index contributed by atoms with van der Waals surface area (Å²) in [6.07, 6.45) is -0.190. The van der Waals surface area contributed by atoms with Gasteiger partial charge in [-0.3, -0.25) is 5.32 Å². The maximum Gasteiger partial charge on any atom is 0.410 e. The molecule has 0 atom stereocenters. The number of rotatable bonds is 3. The van der Waals surface area contributed by atoms with Crippen LogP contribution in [0.5, 0.6) is 0 Å². The van der Waals surface area contributed by atoms with Gasteiger partial charge in [0.25, 0.3) is 0 Å². The first-order valence-electron chi connectivity index (χ1n) is 3.65. The summed E-state index contributed by atoms with van der Waals surface area (Å²) in [4.78, 5) is 15.5. The van der Waals surface area contributed by atoms with Gasteiger partial charge in [-0.15, -0.1) is 11.3 Å². The second-order valence-electron chi connectivity index (χ2n) is 2.40. The summed E-state index contributed by atoms with van der Waals surface area (Å²) in [7, 11) is 0. The van der Waals surface area contributed by atoms with Crippen molar-refractivity contribution in [1.82, 2.24) is 4.98 Å². The number of amides is 1. The van der Waals surface area contributed by atoms with E-state index in [-0.39, 0.29) is 0 Å². The number of carbonyl (C=O) groups is 1. The molecular weight excluding hydrogens is 256 g/mol. The number of thiazole rings is 1. The highest BCUT2D eigenvalue weighted by atomic mass is 79.9. The Morgan fingerprint density at radius 3 is 3.00 bits per heavy atom. The average Bonchev–Trinajstić information content (AvgIpc) is 2.31. The summed E-state index contributed by atoms with van der Waals surface area (Å²) in [5.74, 6) is 0. The van der Waals surface area contributed by atoms with Crippen molar-refractivity contribution >= 4 is 38.5 Å². The number of nitrogens with one attached hydrogen (secondary N) is 1. The molecule has 0 aromatic carbocycles. The van der Waals surface area contributed by atoms with Crippen LogP contribution in [0.4, 0.5) is 9.93 Å². The van der Waals surface area contributed by atoms with Crippen LogP contribution in [0.1, 0.15) is 10.6 Å². The van der Waals surface area contributed by atoms with Gasteiger partial charge in [-0.05, 0) is 13.3 Å². The fourth-order valence-corrected chi connectivity index (χ4v) is 2.50. The van der Waals surface area contributed by atoms with Crippen molar-refractivity contribution < 1.29 is 9.90 Å². The largest absolute Gasteiger partial charge is 0.465 e. The molecule has 1 aromatic rings. The van der Waals surface area contributed by atoms with Gasteiger partial charge in [0.1, 0.15) is 0 Å². The smallest absolute Gasteiger partial charge is 0.410 e. The molecule has 0 aliphatic carbocycles. The standard InChI is InChI=1S/C7H9BrN2O2S/c1-4-5(2-3-8)13-6(9-4)10-7(11)12/h2-3H2,1H3,(H,9,10)(H,11,12). The van der Waals surface area contributed by atoms with Crippen LogP contribution < -0.4 is 5.32 Å². The summed E-state index contributed by atoms with van der Waals surface area (Å²) >= 11 is 4.70. The highest BCUT2D eigenvalue weighted by Crippen LogP contribution is 2.23. The van der Waals surface area contributed by atoms with Crippen LogP contribution in [0.15, 0.2) is 0 Å². The molecule has 1 heterocycles. The number of hydrogen-bond acceptors (Lipinski definition) is 3. The monoisotopic (exact) mass is 264 g/mol. The molecule has 1 rings (SSSR count). The van der Waals surface area contributed by atoms with Gasteiger partial charge >= 0.3 is 6.09 Å². The minimum absolute atomic E-state index is 0.445. The van der Waals surface area contributed by atoms with Crippen LogP contribution in [-0.4, -0.2) is 21.5 Å². The van der Waals surface area contributed by atoms with Crippen molar-refractivity contribution in [2.24, 2.45) is 0 Å². The van der Waals surface area contributed by atoms with Crippen molar-refractivity contribution in [3.8, 4) is 0 Å². The number of alkyl halides is 1. The maximum atomic E-state index is 10.3. The molecule has 1 aromatic heterocycles. The zero-order chi connectivity index (χ0) is 9.84. The Morgan fingerprint density at radius 1 is 1.77 bits per heavy atom. The summed E-state index contributed by atoms with van der Waals surface area (Å²) in [6.45, 7) is 1.88. The van der Waals surface area contributed by atoms with E-state index in [2.05, 4.69) is 26.2 Å². The van der Waals surface area contributed by atoms with Crippen LogP contribution in [0.25, 0.3) is 0 Å². The molecule has 0 radical (unpaired) electrons. The zero-order valence-corrected chi connectivity index (χ0v) is 9.41. The van der Waals surface area contributed by atoms with Gasteiger partial charge in [0.2, 0.25) is 0 Å². The molecule has 0 saturated carbocycles. The predicted molar refractivity (Wildman–Crippen MR) is 56.0 cm³/mol. The van der Waals surface area contributed by atoms with E-state index < -0.39 is 6.09 Å². The number of aryl methyl sites for hydroxylation is 2. The predicted octanol–water partition coefficient (Wildman–Crippen LogP) is 2.48. The normalized spacial score (nSPS) is 10.0. The van der Waals surface area contributed by atoms with Crippen LogP contribution >= 0.6 is 27.3 Å². The molecule has 0 saturated heterocycles. The second-order valence-corrected chi connectivity index (χ2v) is 4.27. The van der Waals surface area contributed by atoms with E-state index in [1.807, 2.05) is 6.92 Å². The lowest BCUT2D eigenvalue weighted by molar-refractivity contribution is 0.209. The van der Waals surface area contributed by atoms with E-state index in [9.17, 15) is 4.79 Å². The van der Waals surface area contributed by atoms with Gasteiger partial charge in [-0.1, -0.05) is 15.9 Å². The summed E-state index contributed by atoms with van der Waals surface area (Å²) in [5, 5.41) is 12.0. The first-order chi connectivity index (χ1) is 6.13. The third-order valence-electron chi connectivity index (χ3n) is 1.43. The molecule has 4 nitrogen and oxygen atoms in total. The molecular formula is C7H9BrN2O2S. The van der Waals surface area contributed by atoms with Crippen molar-refractivity contribution in [3.05, 3.63) is 10.6 Å². The third-order valence-corrected chi connectivity index (χ3v) is 2.96. The molecule has 0 bridgehead atoms. The van der Waals surface area contributed by atoms with E-state index in [1.165, 1.54) is 11.3 Å². The van der Waals surface area contributed by atoms with Gasteiger partial charge in [-0.2, -0.15) is 0 Å². The molecule has 0 spiro atoms. The fraction of sp³-hybridized carbons (Fsp3) is 0.429. The Kier molecular flexibility index (Phi) is 3.68. The first-order valence-corrected chi connectivity index (χ1v) is 5.59. The molecule has 6 heteroatoms. The maximum absolute atomic E-state index is 10.3. The molecule has 0 aliphatic heterocycles. The first kappa shape index (κ1) is 10.5. The highest BCUT2D eigenvalue weighted by Gasteiger charge is 2.08. The van der Waals surface area contributed by atoms with Crippen molar-refractivity contribution in [3.63, 3.8) is 0 Å². The average molecular weight is 265 g/mol. The lowest BCUT2D eigenvalue weighted by Crippen LogP contribution is -2.06. The molecule has 13 heavy (non-hydrogen) atoms. The van der Waals surface area contributed by atoms with Gasteiger partial charge in [0, 0.05) is 10.2 Å². The Morgan fingerprint density at radius 2 is 2.46 bits per heavy atom. The van der Waals surface area contributed by atoms with Crippen LogP contribution in [0.2, 0.25) is 0 Å². The van der Waals surface area contributed by atoms with Crippen LogP contribution in [-0.2, 0) is 6.42 Å². The second kappa shape index (κ2) is 4.57. The third kappa shape index (κ3) is 2.96. The van der Waals surface area contributed by atoms with Crippen LogP contribution in [0.3, 0.4) is 0 Å². The lowest BCUT2D eigenvalue weighted by atomic mass is 10.3. The van der Waals surface area contributed by atoms with Gasteiger partial charge in [0.15, 0.2) is 5.13 Å². The van der Waals surface area contributed by atoms with E-state index in [0.717, 1.165) is 22.3 Å². The number of hydrogen-bond donors (Lipinski definition) is 2. The molecule has 2 N–H and O–H groups in total. The Bertz CT molecular complexity index is 313.